The third kappa shape index (κ3) is 2.19. The second-order valence-electron chi connectivity index (χ2n) is 3.87. The largest absolute Gasteiger partial charge is 0.464 e. The third-order valence-electron chi connectivity index (χ3n) is 2.66. The maximum Gasteiger partial charge on any atom is 0.328 e. The third-order valence-corrected chi connectivity index (χ3v) is 3.66. The average molecular weight is 240 g/mol. The van der Waals surface area contributed by atoms with E-state index in [9.17, 15) is 4.79 Å². The number of nitrogens with zero attached hydrogens (tertiary/aromatic N) is 2. The molecule has 4 nitrogen and oxygen atoms in total. The standard InChI is InChI=1S/C11H16N2O2S/c1-3-15-10(14)9-5-4-6-13(9)11-12-8(2)7-16-11/h7,9H,3-6H2,1-2H3. The van der Waals surface area contributed by atoms with Gasteiger partial charge in [-0.1, -0.05) is 0 Å². The fourth-order valence-electron chi connectivity index (χ4n) is 1.95. The smallest absolute Gasteiger partial charge is 0.328 e. The summed E-state index contributed by atoms with van der Waals surface area (Å²) < 4.78 is 5.08. The lowest BCUT2D eigenvalue weighted by Gasteiger charge is -2.21. The van der Waals surface area contributed by atoms with Crippen molar-refractivity contribution in [2.24, 2.45) is 0 Å². The van der Waals surface area contributed by atoms with E-state index in [0.29, 0.717) is 6.61 Å². The monoisotopic (exact) mass is 240 g/mol. The Balaban J connectivity index is 2.11. The summed E-state index contributed by atoms with van der Waals surface area (Å²) in [5, 5.41) is 2.95. The number of hydrogen-bond donors (Lipinski definition) is 0. The molecule has 0 spiro atoms. The first-order valence-electron chi connectivity index (χ1n) is 5.57. The van der Waals surface area contributed by atoms with E-state index in [1.165, 1.54) is 0 Å². The summed E-state index contributed by atoms with van der Waals surface area (Å²) in [7, 11) is 0. The van der Waals surface area contributed by atoms with Gasteiger partial charge in [-0.15, -0.1) is 11.3 Å². The number of aryl methyl sites for hydroxylation is 1. The van der Waals surface area contributed by atoms with Crippen LogP contribution >= 0.6 is 11.3 Å². The number of hydrogen-bond acceptors (Lipinski definition) is 5. The zero-order chi connectivity index (χ0) is 11.5. The van der Waals surface area contributed by atoms with Crippen molar-refractivity contribution in [1.29, 1.82) is 0 Å². The van der Waals surface area contributed by atoms with Crippen LogP contribution in [-0.2, 0) is 9.53 Å². The predicted molar refractivity (Wildman–Crippen MR) is 63.9 cm³/mol. The van der Waals surface area contributed by atoms with E-state index in [-0.39, 0.29) is 12.0 Å². The van der Waals surface area contributed by atoms with Crippen molar-refractivity contribution in [3.63, 3.8) is 0 Å². The van der Waals surface area contributed by atoms with Crippen molar-refractivity contribution in [3.05, 3.63) is 11.1 Å². The van der Waals surface area contributed by atoms with Gasteiger partial charge in [0.1, 0.15) is 6.04 Å². The maximum absolute atomic E-state index is 11.7. The highest BCUT2D eigenvalue weighted by Crippen LogP contribution is 2.28. The van der Waals surface area contributed by atoms with Gasteiger partial charge in [-0.3, -0.25) is 0 Å². The van der Waals surface area contributed by atoms with Crippen LogP contribution in [0.1, 0.15) is 25.5 Å². The molecule has 0 aliphatic carbocycles. The molecule has 16 heavy (non-hydrogen) atoms. The van der Waals surface area contributed by atoms with Crippen LogP contribution in [0.5, 0.6) is 0 Å². The lowest BCUT2D eigenvalue weighted by atomic mass is 10.2. The highest BCUT2D eigenvalue weighted by atomic mass is 32.1. The Labute approximate surface area is 99.2 Å². The van der Waals surface area contributed by atoms with Crippen molar-refractivity contribution in [2.75, 3.05) is 18.1 Å². The van der Waals surface area contributed by atoms with Gasteiger partial charge in [0.15, 0.2) is 5.13 Å². The fourth-order valence-corrected chi connectivity index (χ4v) is 2.83. The van der Waals surface area contributed by atoms with Gasteiger partial charge in [0.05, 0.1) is 12.3 Å². The van der Waals surface area contributed by atoms with Crippen molar-refractivity contribution in [3.8, 4) is 0 Å². The Kier molecular flexibility index (Phi) is 3.43. The summed E-state index contributed by atoms with van der Waals surface area (Å²) in [6, 6.07) is -0.134. The minimum Gasteiger partial charge on any atom is -0.464 e. The van der Waals surface area contributed by atoms with E-state index in [1.54, 1.807) is 11.3 Å². The molecule has 1 fully saturated rings. The second-order valence-corrected chi connectivity index (χ2v) is 4.71. The van der Waals surface area contributed by atoms with Crippen LogP contribution < -0.4 is 4.90 Å². The van der Waals surface area contributed by atoms with Crippen LogP contribution in [0.25, 0.3) is 0 Å². The molecule has 0 amide bonds. The zero-order valence-corrected chi connectivity index (χ0v) is 10.4. The Bertz CT molecular complexity index is 378. The molecule has 1 atom stereocenters. The SMILES string of the molecule is CCOC(=O)C1CCCN1c1nc(C)cs1. The summed E-state index contributed by atoms with van der Waals surface area (Å²) in [5.41, 5.74) is 1.01. The Morgan fingerprint density at radius 1 is 1.75 bits per heavy atom. The highest BCUT2D eigenvalue weighted by Gasteiger charge is 2.33. The maximum atomic E-state index is 11.7. The number of anilines is 1. The molecule has 1 aliphatic rings. The first-order valence-corrected chi connectivity index (χ1v) is 6.45. The van der Waals surface area contributed by atoms with Gasteiger partial charge < -0.3 is 9.64 Å². The van der Waals surface area contributed by atoms with Crippen molar-refractivity contribution >= 4 is 22.4 Å². The first kappa shape index (κ1) is 11.4. The van der Waals surface area contributed by atoms with E-state index < -0.39 is 0 Å². The molecule has 0 saturated carbocycles. The van der Waals surface area contributed by atoms with Crippen molar-refractivity contribution in [1.82, 2.24) is 4.98 Å². The van der Waals surface area contributed by atoms with E-state index >= 15 is 0 Å². The van der Waals surface area contributed by atoms with Crippen LogP contribution in [0, 0.1) is 6.92 Å². The van der Waals surface area contributed by atoms with E-state index in [1.807, 2.05) is 19.2 Å². The van der Waals surface area contributed by atoms with Gasteiger partial charge in [0, 0.05) is 11.9 Å². The van der Waals surface area contributed by atoms with Crippen LogP contribution in [0.15, 0.2) is 5.38 Å². The molecule has 1 aromatic rings. The quantitative estimate of drug-likeness (QED) is 0.758. The van der Waals surface area contributed by atoms with Gasteiger partial charge in [0.2, 0.25) is 0 Å². The number of thiazole rings is 1. The van der Waals surface area contributed by atoms with Gasteiger partial charge in [-0.25, -0.2) is 9.78 Å². The van der Waals surface area contributed by atoms with Gasteiger partial charge in [-0.05, 0) is 26.7 Å². The number of ether oxygens (including phenoxy) is 1. The lowest BCUT2D eigenvalue weighted by Crippen LogP contribution is -2.37. The molecule has 2 rings (SSSR count). The van der Waals surface area contributed by atoms with Crippen LogP contribution in [-0.4, -0.2) is 30.1 Å². The molecular formula is C11H16N2O2S. The lowest BCUT2D eigenvalue weighted by molar-refractivity contribution is -0.144. The van der Waals surface area contributed by atoms with E-state index in [4.69, 9.17) is 4.74 Å². The molecule has 2 heterocycles. The van der Waals surface area contributed by atoms with E-state index in [0.717, 1.165) is 30.2 Å². The minimum absolute atomic E-state index is 0.118. The number of carbonyl (C=O) groups excluding carboxylic acids is 1. The fraction of sp³-hybridized carbons (Fsp3) is 0.636. The molecule has 1 aromatic heterocycles. The Morgan fingerprint density at radius 2 is 2.56 bits per heavy atom. The predicted octanol–water partition coefficient (Wildman–Crippen LogP) is 1.98. The number of esters is 1. The second kappa shape index (κ2) is 4.82. The average Bonchev–Trinajstić information content (AvgIpc) is 2.85. The Hall–Kier alpha value is -1.10. The summed E-state index contributed by atoms with van der Waals surface area (Å²) >= 11 is 1.59. The van der Waals surface area contributed by atoms with Crippen LogP contribution in [0.4, 0.5) is 5.13 Å². The molecule has 0 radical (unpaired) electrons. The van der Waals surface area contributed by atoms with Crippen LogP contribution in [0.2, 0.25) is 0 Å². The van der Waals surface area contributed by atoms with Gasteiger partial charge >= 0.3 is 5.97 Å². The minimum atomic E-state index is -0.134. The molecule has 0 N–H and O–H groups in total. The summed E-state index contributed by atoms with van der Waals surface area (Å²) in [5.74, 6) is -0.118. The molecule has 88 valence electrons. The topological polar surface area (TPSA) is 42.4 Å². The summed E-state index contributed by atoms with van der Waals surface area (Å²) in [6.45, 7) is 5.15. The molecule has 1 unspecified atom stereocenters. The van der Waals surface area contributed by atoms with Gasteiger partial charge in [-0.2, -0.15) is 0 Å². The van der Waals surface area contributed by atoms with Gasteiger partial charge in [0.25, 0.3) is 0 Å². The molecule has 1 aliphatic heterocycles. The van der Waals surface area contributed by atoms with Crippen molar-refractivity contribution in [2.45, 2.75) is 32.7 Å². The summed E-state index contributed by atoms with van der Waals surface area (Å²) in [6.07, 6.45) is 1.90. The van der Waals surface area contributed by atoms with Crippen molar-refractivity contribution < 1.29 is 9.53 Å². The molecule has 0 bridgehead atoms. The highest BCUT2D eigenvalue weighted by molar-refractivity contribution is 7.13. The molecular weight excluding hydrogens is 224 g/mol. The zero-order valence-electron chi connectivity index (χ0n) is 9.60. The van der Waals surface area contributed by atoms with Crippen LogP contribution in [0.3, 0.4) is 0 Å². The van der Waals surface area contributed by atoms with E-state index in [2.05, 4.69) is 9.88 Å². The first-order chi connectivity index (χ1) is 7.72. The number of aromatic nitrogens is 1. The summed E-state index contributed by atoms with van der Waals surface area (Å²) in [4.78, 5) is 18.2. The normalized spacial score (nSPS) is 20.1. The molecule has 1 saturated heterocycles. The number of rotatable bonds is 3. The molecule has 5 heteroatoms. The molecule has 0 aromatic carbocycles. The number of carbonyl (C=O) groups is 1. The Morgan fingerprint density at radius 3 is 3.19 bits per heavy atom.